The van der Waals surface area contributed by atoms with E-state index >= 15 is 0 Å². The van der Waals surface area contributed by atoms with Gasteiger partial charge in [0.1, 0.15) is 18.3 Å². The van der Waals surface area contributed by atoms with Crippen LogP contribution in [0.1, 0.15) is 6.42 Å². The van der Waals surface area contributed by atoms with E-state index < -0.39 is 37.1 Å². The summed E-state index contributed by atoms with van der Waals surface area (Å²) in [6, 6.07) is 0. The molecule has 17 heavy (non-hydrogen) atoms. The van der Waals surface area contributed by atoms with Gasteiger partial charge in [-0.3, -0.25) is 4.79 Å². The minimum absolute atomic E-state index is 0.0157. The van der Waals surface area contributed by atoms with Gasteiger partial charge in [0.25, 0.3) is 5.91 Å². The molecule has 0 spiro atoms. The summed E-state index contributed by atoms with van der Waals surface area (Å²) in [4.78, 5) is 12.8. The Kier molecular flexibility index (Phi) is 3.34. The minimum atomic E-state index is -1.26. The van der Waals surface area contributed by atoms with Gasteiger partial charge in [-0.05, 0) is 0 Å². The van der Waals surface area contributed by atoms with E-state index in [1.54, 1.807) is 0 Å². The van der Waals surface area contributed by atoms with E-state index in [0.29, 0.717) is 0 Å². The first-order valence-corrected chi connectivity index (χ1v) is 5.37. The standard InChI is InChI=1S/C10H15NO6/c12-4-6-8(15)9(16)10(17-6)11-2-1-5(13)3-7(11)14/h3,6,8-10,12-13,15-16H,1-2,4H2/t6-,8+,9-,10+/m0/s1. The Labute approximate surface area is 97.5 Å². The number of hydrogen-bond donors (Lipinski definition) is 4. The number of carbonyl (C=O) groups excluding carboxylic acids is 1. The molecule has 0 aliphatic carbocycles. The maximum absolute atomic E-state index is 11.6. The first kappa shape index (κ1) is 12.3. The van der Waals surface area contributed by atoms with E-state index in [1.807, 2.05) is 0 Å². The summed E-state index contributed by atoms with van der Waals surface area (Å²) in [6.45, 7) is -0.231. The molecule has 2 aliphatic heterocycles. The second-order valence-corrected chi connectivity index (χ2v) is 4.15. The summed E-state index contributed by atoms with van der Waals surface area (Å²) in [7, 11) is 0. The Morgan fingerprint density at radius 1 is 1.41 bits per heavy atom. The molecule has 2 heterocycles. The molecular formula is C10H15NO6. The molecule has 0 aromatic heterocycles. The molecule has 0 radical (unpaired) electrons. The Bertz CT molecular complexity index is 344. The Morgan fingerprint density at radius 3 is 2.65 bits per heavy atom. The van der Waals surface area contributed by atoms with Gasteiger partial charge in [-0.25, -0.2) is 0 Å². The zero-order chi connectivity index (χ0) is 12.6. The maximum Gasteiger partial charge on any atom is 0.252 e. The summed E-state index contributed by atoms with van der Waals surface area (Å²) in [6.07, 6.45) is -3.04. The molecule has 96 valence electrons. The summed E-state index contributed by atoms with van der Waals surface area (Å²) in [5.41, 5.74) is 0. The topological polar surface area (TPSA) is 110 Å². The van der Waals surface area contributed by atoms with Crippen LogP contribution in [0.4, 0.5) is 0 Å². The predicted molar refractivity (Wildman–Crippen MR) is 54.8 cm³/mol. The number of rotatable bonds is 2. The summed E-state index contributed by atoms with van der Waals surface area (Å²) >= 11 is 0. The Hall–Kier alpha value is -1.15. The van der Waals surface area contributed by atoms with Gasteiger partial charge in [0.15, 0.2) is 6.23 Å². The number of amides is 1. The molecule has 1 fully saturated rings. The monoisotopic (exact) mass is 245 g/mol. The highest BCUT2D eigenvalue weighted by Crippen LogP contribution is 2.26. The molecule has 4 atom stereocenters. The average Bonchev–Trinajstić information content (AvgIpc) is 2.57. The van der Waals surface area contributed by atoms with E-state index in [1.165, 1.54) is 4.90 Å². The number of aliphatic hydroxyl groups is 4. The van der Waals surface area contributed by atoms with Crippen LogP contribution < -0.4 is 0 Å². The smallest absolute Gasteiger partial charge is 0.252 e. The van der Waals surface area contributed by atoms with Crippen LogP contribution in [0.2, 0.25) is 0 Å². The highest BCUT2D eigenvalue weighted by molar-refractivity contribution is 5.89. The Balaban J connectivity index is 2.11. The maximum atomic E-state index is 11.6. The van der Waals surface area contributed by atoms with E-state index in [2.05, 4.69) is 0 Å². The number of ether oxygens (including phenoxy) is 1. The molecular weight excluding hydrogens is 230 g/mol. The highest BCUT2D eigenvalue weighted by Gasteiger charge is 2.46. The minimum Gasteiger partial charge on any atom is -0.512 e. The van der Waals surface area contributed by atoms with Crippen molar-refractivity contribution < 1.29 is 30.0 Å². The second-order valence-electron chi connectivity index (χ2n) is 4.15. The van der Waals surface area contributed by atoms with Gasteiger partial charge in [0, 0.05) is 19.0 Å². The quantitative estimate of drug-likeness (QED) is 0.452. The summed E-state index contributed by atoms with van der Waals surface area (Å²) in [5.74, 6) is -0.499. The molecule has 4 N–H and O–H groups in total. The molecule has 1 amide bonds. The molecule has 2 rings (SSSR count). The largest absolute Gasteiger partial charge is 0.512 e. The third-order valence-electron chi connectivity index (χ3n) is 3.01. The first-order valence-electron chi connectivity index (χ1n) is 5.37. The van der Waals surface area contributed by atoms with Gasteiger partial charge in [-0.2, -0.15) is 0 Å². The summed E-state index contributed by atoms with van der Waals surface area (Å²) in [5, 5.41) is 37.4. The van der Waals surface area contributed by atoms with Crippen molar-refractivity contribution in [3.8, 4) is 0 Å². The highest BCUT2D eigenvalue weighted by atomic mass is 16.6. The van der Waals surface area contributed by atoms with Crippen molar-refractivity contribution in [1.82, 2.24) is 4.90 Å². The van der Waals surface area contributed by atoms with E-state index in [4.69, 9.17) is 9.84 Å². The van der Waals surface area contributed by atoms with Gasteiger partial charge >= 0.3 is 0 Å². The zero-order valence-electron chi connectivity index (χ0n) is 9.06. The van der Waals surface area contributed by atoms with Gasteiger partial charge in [0.05, 0.1) is 12.4 Å². The van der Waals surface area contributed by atoms with Crippen LogP contribution in [-0.4, -0.2) is 68.9 Å². The third kappa shape index (κ3) is 2.14. The molecule has 2 aliphatic rings. The van der Waals surface area contributed by atoms with Crippen LogP contribution >= 0.6 is 0 Å². The second kappa shape index (κ2) is 4.61. The SMILES string of the molecule is O=C1C=C(O)CCN1[C@@H]1O[C@@H](CO)[C@@H](O)[C@@H]1O. The molecule has 0 saturated carbocycles. The number of carbonyl (C=O) groups is 1. The van der Waals surface area contributed by atoms with Crippen molar-refractivity contribution in [2.75, 3.05) is 13.2 Å². The number of hydrogen-bond acceptors (Lipinski definition) is 6. The molecule has 7 heteroatoms. The van der Waals surface area contributed by atoms with Gasteiger partial charge in [-0.15, -0.1) is 0 Å². The average molecular weight is 245 g/mol. The van der Waals surface area contributed by atoms with Crippen LogP contribution in [0.15, 0.2) is 11.8 Å². The van der Waals surface area contributed by atoms with Crippen LogP contribution in [0, 0.1) is 0 Å². The van der Waals surface area contributed by atoms with Crippen molar-refractivity contribution in [2.24, 2.45) is 0 Å². The predicted octanol–water partition coefficient (Wildman–Crippen LogP) is -1.90. The summed E-state index contributed by atoms with van der Waals surface area (Å²) < 4.78 is 5.22. The van der Waals surface area contributed by atoms with E-state index in [9.17, 15) is 20.1 Å². The van der Waals surface area contributed by atoms with Crippen LogP contribution in [0.5, 0.6) is 0 Å². The van der Waals surface area contributed by atoms with Crippen LogP contribution in [-0.2, 0) is 9.53 Å². The Morgan fingerprint density at radius 2 is 2.12 bits per heavy atom. The lowest BCUT2D eigenvalue weighted by Gasteiger charge is -2.31. The molecule has 0 aromatic rings. The van der Waals surface area contributed by atoms with Crippen LogP contribution in [0.25, 0.3) is 0 Å². The fourth-order valence-corrected chi connectivity index (χ4v) is 2.03. The normalized spacial score (nSPS) is 38.4. The fourth-order valence-electron chi connectivity index (χ4n) is 2.03. The molecule has 0 unspecified atom stereocenters. The van der Waals surface area contributed by atoms with Crippen LogP contribution in [0.3, 0.4) is 0 Å². The zero-order valence-corrected chi connectivity index (χ0v) is 9.06. The van der Waals surface area contributed by atoms with Crippen molar-refractivity contribution in [1.29, 1.82) is 0 Å². The van der Waals surface area contributed by atoms with E-state index in [-0.39, 0.29) is 18.7 Å². The van der Waals surface area contributed by atoms with Crippen molar-refractivity contribution in [3.63, 3.8) is 0 Å². The molecule has 0 bridgehead atoms. The van der Waals surface area contributed by atoms with Gasteiger partial charge in [0.2, 0.25) is 0 Å². The van der Waals surface area contributed by atoms with Crippen molar-refractivity contribution >= 4 is 5.91 Å². The lowest BCUT2D eigenvalue weighted by atomic mass is 10.1. The van der Waals surface area contributed by atoms with E-state index in [0.717, 1.165) is 6.08 Å². The molecule has 1 saturated heterocycles. The molecule has 7 nitrogen and oxygen atoms in total. The van der Waals surface area contributed by atoms with Crippen molar-refractivity contribution in [2.45, 2.75) is 31.0 Å². The van der Waals surface area contributed by atoms with Crippen molar-refractivity contribution in [3.05, 3.63) is 11.8 Å². The third-order valence-corrected chi connectivity index (χ3v) is 3.01. The van der Waals surface area contributed by atoms with Gasteiger partial charge < -0.3 is 30.1 Å². The fraction of sp³-hybridized carbons (Fsp3) is 0.700. The van der Waals surface area contributed by atoms with Gasteiger partial charge in [-0.1, -0.05) is 0 Å². The number of nitrogens with zero attached hydrogens (tertiary/aromatic N) is 1. The molecule has 0 aromatic carbocycles. The lowest BCUT2D eigenvalue weighted by molar-refractivity contribution is -0.149. The first-order chi connectivity index (χ1) is 8.04. The number of aliphatic hydroxyl groups excluding tert-OH is 4. The lowest BCUT2D eigenvalue weighted by Crippen LogP contribution is -2.48.